The molecule has 0 fully saturated rings. The third-order valence-electron chi connectivity index (χ3n) is 3.78. The van der Waals surface area contributed by atoms with Gasteiger partial charge in [0.25, 0.3) is 5.91 Å². The molecule has 0 heterocycles. The molecule has 2 aromatic rings. The highest BCUT2D eigenvalue weighted by Crippen LogP contribution is 2.16. The van der Waals surface area contributed by atoms with Gasteiger partial charge in [0.15, 0.2) is 6.54 Å². The average molecular weight is 391 g/mol. The van der Waals surface area contributed by atoms with Crippen molar-refractivity contribution in [3.8, 4) is 0 Å². The van der Waals surface area contributed by atoms with Crippen LogP contribution >= 0.6 is 15.9 Å². The number of amides is 2. The number of hydrogen-bond donors (Lipinski definition) is 3. The third kappa shape index (κ3) is 5.18. The molecule has 0 bridgehead atoms. The minimum atomic E-state index is -0.485. The number of primary amides is 1. The van der Waals surface area contributed by atoms with Crippen LogP contribution in [0.15, 0.2) is 53.0 Å². The standard InChI is InChI=1S/C18H20BrN3O2/c1-2-16(12-3-7-14(19)8-4-12)21-11-17(23)22-15-9-5-13(6-10-15)18(20)24/h3-10,16,21H,2,11H2,1H3,(H2,20,24)(H,22,23)/p+1/t16-/m1/s1. The van der Waals surface area contributed by atoms with E-state index in [4.69, 9.17) is 5.73 Å². The van der Waals surface area contributed by atoms with E-state index in [9.17, 15) is 9.59 Å². The summed E-state index contributed by atoms with van der Waals surface area (Å²) in [4.78, 5) is 23.1. The van der Waals surface area contributed by atoms with E-state index in [-0.39, 0.29) is 11.9 Å². The molecule has 0 radical (unpaired) electrons. The number of hydrogen-bond acceptors (Lipinski definition) is 2. The van der Waals surface area contributed by atoms with Gasteiger partial charge in [0.2, 0.25) is 5.91 Å². The van der Waals surface area contributed by atoms with Crippen molar-refractivity contribution < 1.29 is 14.9 Å². The summed E-state index contributed by atoms with van der Waals surface area (Å²) in [6, 6.07) is 14.9. The lowest BCUT2D eigenvalue weighted by Gasteiger charge is -2.14. The maximum absolute atomic E-state index is 12.1. The van der Waals surface area contributed by atoms with E-state index >= 15 is 0 Å². The predicted molar refractivity (Wildman–Crippen MR) is 97.6 cm³/mol. The molecule has 126 valence electrons. The lowest BCUT2D eigenvalue weighted by atomic mass is 10.0. The molecular formula is C18H21BrN3O2+. The van der Waals surface area contributed by atoms with Gasteiger partial charge in [-0.2, -0.15) is 0 Å². The van der Waals surface area contributed by atoms with E-state index in [1.807, 2.05) is 17.4 Å². The SMILES string of the molecule is CC[C@@H]([NH2+]CC(=O)Nc1ccc(C(N)=O)cc1)c1ccc(Br)cc1. The monoisotopic (exact) mass is 390 g/mol. The first-order chi connectivity index (χ1) is 11.5. The van der Waals surface area contributed by atoms with E-state index in [1.165, 1.54) is 5.56 Å². The summed E-state index contributed by atoms with van der Waals surface area (Å²) in [5.41, 5.74) is 7.45. The molecule has 0 saturated carbocycles. The molecule has 0 spiro atoms. The van der Waals surface area contributed by atoms with Crippen molar-refractivity contribution in [2.24, 2.45) is 5.73 Å². The zero-order chi connectivity index (χ0) is 17.5. The molecule has 0 aliphatic rings. The number of halogens is 1. The Kier molecular flexibility index (Phi) is 6.52. The number of carbonyl (C=O) groups is 2. The van der Waals surface area contributed by atoms with Crippen LogP contribution in [0.25, 0.3) is 0 Å². The molecule has 0 saturated heterocycles. The average Bonchev–Trinajstić information content (AvgIpc) is 2.57. The van der Waals surface area contributed by atoms with Crippen LogP contribution in [-0.2, 0) is 4.79 Å². The van der Waals surface area contributed by atoms with Gasteiger partial charge in [-0.15, -0.1) is 0 Å². The minimum absolute atomic E-state index is 0.0858. The summed E-state index contributed by atoms with van der Waals surface area (Å²) in [6.45, 7) is 2.43. The van der Waals surface area contributed by atoms with Gasteiger partial charge < -0.3 is 16.4 Å². The van der Waals surface area contributed by atoms with Crippen molar-refractivity contribution in [3.05, 3.63) is 64.1 Å². The van der Waals surface area contributed by atoms with Crippen LogP contribution in [0, 0.1) is 0 Å². The lowest BCUT2D eigenvalue weighted by Crippen LogP contribution is -2.87. The van der Waals surface area contributed by atoms with Crippen molar-refractivity contribution >= 4 is 33.4 Å². The molecule has 1 atom stereocenters. The van der Waals surface area contributed by atoms with Crippen LogP contribution in [-0.4, -0.2) is 18.4 Å². The second kappa shape index (κ2) is 8.61. The Morgan fingerprint density at radius 1 is 1.12 bits per heavy atom. The van der Waals surface area contributed by atoms with Crippen molar-refractivity contribution in [2.75, 3.05) is 11.9 Å². The Labute approximate surface area is 149 Å². The Morgan fingerprint density at radius 2 is 1.75 bits per heavy atom. The van der Waals surface area contributed by atoms with Crippen LogP contribution in [0.4, 0.5) is 5.69 Å². The Hall–Kier alpha value is -2.18. The fraction of sp³-hybridized carbons (Fsp3) is 0.222. The zero-order valence-electron chi connectivity index (χ0n) is 13.5. The van der Waals surface area contributed by atoms with E-state index in [0.717, 1.165) is 10.9 Å². The second-order valence-corrected chi connectivity index (χ2v) is 6.41. The summed E-state index contributed by atoms with van der Waals surface area (Å²) in [5, 5.41) is 4.84. The van der Waals surface area contributed by atoms with Crippen molar-refractivity contribution in [1.82, 2.24) is 0 Å². The fourth-order valence-electron chi connectivity index (χ4n) is 2.43. The highest BCUT2D eigenvalue weighted by molar-refractivity contribution is 9.10. The number of nitrogens with two attached hydrogens (primary N) is 2. The number of nitrogens with one attached hydrogen (secondary N) is 1. The molecule has 0 unspecified atom stereocenters. The summed E-state index contributed by atoms with van der Waals surface area (Å²) >= 11 is 3.43. The van der Waals surface area contributed by atoms with Gasteiger partial charge in [0, 0.05) is 27.7 Å². The lowest BCUT2D eigenvalue weighted by molar-refractivity contribution is -0.686. The van der Waals surface area contributed by atoms with Crippen LogP contribution in [0.3, 0.4) is 0 Å². The number of carbonyl (C=O) groups excluding carboxylic acids is 2. The summed E-state index contributed by atoms with van der Waals surface area (Å²) in [5.74, 6) is -0.570. The van der Waals surface area contributed by atoms with Gasteiger partial charge in [0.1, 0.15) is 6.04 Å². The number of anilines is 1. The molecule has 0 aliphatic heterocycles. The van der Waals surface area contributed by atoms with E-state index in [0.29, 0.717) is 17.8 Å². The van der Waals surface area contributed by atoms with Gasteiger partial charge >= 0.3 is 0 Å². The molecule has 0 aromatic heterocycles. The summed E-state index contributed by atoms with van der Waals surface area (Å²) in [7, 11) is 0. The Morgan fingerprint density at radius 3 is 2.29 bits per heavy atom. The van der Waals surface area contributed by atoms with E-state index in [1.54, 1.807) is 24.3 Å². The van der Waals surface area contributed by atoms with Gasteiger partial charge in [-0.1, -0.05) is 35.0 Å². The van der Waals surface area contributed by atoms with Crippen molar-refractivity contribution in [1.29, 1.82) is 0 Å². The van der Waals surface area contributed by atoms with Crippen LogP contribution in [0.1, 0.15) is 35.3 Å². The normalized spacial score (nSPS) is 11.8. The molecule has 2 rings (SSSR count). The smallest absolute Gasteiger partial charge is 0.279 e. The van der Waals surface area contributed by atoms with E-state index < -0.39 is 5.91 Å². The minimum Gasteiger partial charge on any atom is -0.366 e. The maximum Gasteiger partial charge on any atom is 0.279 e. The molecule has 6 heteroatoms. The van der Waals surface area contributed by atoms with Crippen molar-refractivity contribution in [2.45, 2.75) is 19.4 Å². The molecule has 24 heavy (non-hydrogen) atoms. The second-order valence-electron chi connectivity index (χ2n) is 5.50. The number of rotatable bonds is 7. The first kappa shape index (κ1) is 18.2. The van der Waals surface area contributed by atoms with Gasteiger partial charge in [0.05, 0.1) is 0 Å². The Balaban J connectivity index is 1.89. The molecular weight excluding hydrogens is 370 g/mol. The first-order valence-electron chi connectivity index (χ1n) is 7.78. The number of quaternary nitrogens is 1. The Bertz CT molecular complexity index is 699. The maximum atomic E-state index is 12.1. The molecule has 5 nitrogen and oxygen atoms in total. The fourth-order valence-corrected chi connectivity index (χ4v) is 2.69. The highest BCUT2D eigenvalue weighted by Gasteiger charge is 2.14. The van der Waals surface area contributed by atoms with Crippen molar-refractivity contribution in [3.63, 3.8) is 0 Å². The van der Waals surface area contributed by atoms with E-state index in [2.05, 4.69) is 40.3 Å². The van der Waals surface area contributed by atoms with Gasteiger partial charge in [-0.25, -0.2) is 0 Å². The summed E-state index contributed by atoms with van der Waals surface area (Å²) < 4.78 is 1.04. The topological polar surface area (TPSA) is 88.8 Å². The van der Waals surface area contributed by atoms with Gasteiger partial charge in [-0.05, 0) is 36.4 Å². The molecule has 0 aliphatic carbocycles. The zero-order valence-corrected chi connectivity index (χ0v) is 15.0. The van der Waals surface area contributed by atoms with Crippen LogP contribution < -0.4 is 16.4 Å². The predicted octanol–water partition coefficient (Wildman–Crippen LogP) is 2.20. The van der Waals surface area contributed by atoms with Crippen LogP contribution in [0.2, 0.25) is 0 Å². The summed E-state index contributed by atoms with van der Waals surface area (Å²) in [6.07, 6.45) is 0.933. The van der Waals surface area contributed by atoms with Crippen LogP contribution in [0.5, 0.6) is 0 Å². The van der Waals surface area contributed by atoms with Gasteiger partial charge in [-0.3, -0.25) is 9.59 Å². The molecule has 5 N–H and O–H groups in total. The first-order valence-corrected chi connectivity index (χ1v) is 8.57. The highest BCUT2D eigenvalue weighted by atomic mass is 79.9. The largest absolute Gasteiger partial charge is 0.366 e. The molecule has 2 amide bonds. The third-order valence-corrected chi connectivity index (χ3v) is 4.31. The quantitative estimate of drug-likeness (QED) is 0.676. The molecule has 2 aromatic carbocycles. The number of benzene rings is 2.